The molecule has 1 aromatic heterocycles. The van der Waals surface area contributed by atoms with Crippen LogP contribution in [0.15, 0.2) is 36.5 Å². The maximum Gasteiger partial charge on any atom is 0.348 e. The van der Waals surface area contributed by atoms with Crippen molar-refractivity contribution in [3.63, 3.8) is 0 Å². The molecule has 0 bridgehead atoms. The highest BCUT2D eigenvalue weighted by Gasteiger charge is 2.32. The molecule has 29 heavy (non-hydrogen) atoms. The number of H-pyrrole nitrogens is 1. The number of nitrogens with zero attached hydrogens (tertiary/aromatic N) is 1. The van der Waals surface area contributed by atoms with Gasteiger partial charge in [-0.2, -0.15) is 8.42 Å². The predicted octanol–water partition coefficient (Wildman–Crippen LogP) is 2.42. The Morgan fingerprint density at radius 1 is 1.24 bits per heavy atom. The summed E-state index contributed by atoms with van der Waals surface area (Å²) in [5, 5.41) is 2.78. The fourth-order valence-corrected chi connectivity index (χ4v) is 3.87. The summed E-state index contributed by atoms with van der Waals surface area (Å²) in [4.78, 5) is 32.0. The fourth-order valence-electron chi connectivity index (χ4n) is 2.94. The minimum atomic E-state index is -4.31. The molecular formula is C19H22N4O5S. The van der Waals surface area contributed by atoms with E-state index in [1.807, 2.05) is 12.1 Å². The molecular weight excluding hydrogens is 396 g/mol. The summed E-state index contributed by atoms with van der Waals surface area (Å²) in [5.74, 6) is -0.290. The largest absolute Gasteiger partial charge is 0.361 e. The molecule has 3 N–H and O–H groups in total. The monoisotopic (exact) mass is 418 g/mol. The molecule has 3 rings (SSSR count). The molecule has 0 saturated heterocycles. The molecule has 2 heterocycles. The number of carbonyl (C=O) groups excluding carboxylic acids is 2. The van der Waals surface area contributed by atoms with E-state index in [2.05, 4.69) is 10.3 Å². The highest BCUT2D eigenvalue weighted by Crippen LogP contribution is 2.39. The van der Waals surface area contributed by atoms with Crippen molar-refractivity contribution in [1.29, 1.82) is 0 Å². The number of hydrogen-bond acceptors (Lipinski definition) is 5. The third-order valence-corrected chi connectivity index (χ3v) is 5.22. The molecule has 2 aromatic rings. The van der Waals surface area contributed by atoms with Gasteiger partial charge in [-0.3, -0.25) is 14.4 Å². The molecule has 1 aliphatic rings. The van der Waals surface area contributed by atoms with Crippen molar-refractivity contribution in [1.82, 2.24) is 9.71 Å². The number of amides is 2. The molecule has 2 amide bonds. The topological polar surface area (TPSA) is 121 Å². The number of fused-ring (bicyclic) bond motifs is 1. The van der Waals surface area contributed by atoms with Gasteiger partial charge in [0.1, 0.15) is 0 Å². The summed E-state index contributed by atoms with van der Waals surface area (Å²) in [6.07, 6.45) is 1.81. The predicted molar refractivity (Wildman–Crippen MR) is 110 cm³/mol. The van der Waals surface area contributed by atoms with Crippen molar-refractivity contribution in [2.24, 2.45) is 0 Å². The zero-order valence-corrected chi connectivity index (χ0v) is 17.3. The van der Waals surface area contributed by atoms with E-state index >= 15 is 0 Å². The van der Waals surface area contributed by atoms with Gasteiger partial charge in [0.25, 0.3) is 5.91 Å². The molecule has 1 aliphatic heterocycles. The summed E-state index contributed by atoms with van der Waals surface area (Å²) < 4.78 is 27.5. The Kier molecular flexibility index (Phi) is 5.24. The standard InChI is InChI=1S/C19H22N4O5S/c1-12(15-6-5-9-20-15)17-14-10-13(7-8-16(14)22-18(17)25)23(28-19(2,3)4)29(26,27)21-11-24/h5-11,20H,1-4H3,(H,21,24)(H,22,25). The molecule has 9 nitrogen and oxygen atoms in total. The molecule has 0 atom stereocenters. The number of allylic oxidation sites excluding steroid dienone is 1. The molecule has 1 aromatic carbocycles. The van der Waals surface area contributed by atoms with Crippen LogP contribution in [0.2, 0.25) is 0 Å². The van der Waals surface area contributed by atoms with Gasteiger partial charge in [-0.25, -0.2) is 4.72 Å². The smallest absolute Gasteiger partial charge is 0.348 e. The molecule has 0 unspecified atom stereocenters. The Morgan fingerprint density at radius 3 is 2.55 bits per heavy atom. The van der Waals surface area contributed by atoms with Crippen molar-refractivity contribution in [3.8, 4) is 0 Å². The molecule has 0 fully saturated rings. The number of nitrogens with one attached hydrogen (secondary N) is 3. The van der Waals surface area contributed by atoms with Crippen LogP contribution >= 0.6 is 0 Å². The maximum absolute atomic E-state index is 12.6. The van der Waals surface area contributed by atoms with Crippen LogP contribution in [0.25, 0.3) is 11.1 Å². The van der Waals surface area contributed by atoms with Gasteiger partial charge in [-0.1, -0.05) is 0 Å². The zero-order valence-electron chi connectivity index (χ0n) is 16.4. The number of benzene rings is 1. The summed E-state index contributed by atoms with van der Waals surface area (Å²) in [6.45, 7) is 6.83. The Balaban J connectivity index is 2.14. The molecule has 0 spiro atoms. The third kappa shape index (κ3) is 4.17. The minimum absolute atomic E-state index is 0.0630. The first-order valence-electron chi connectivity index (χ1n) is 8.79. The van der Waals surface area contributed by atoms with Gasteiger partial charge in [-0.15, -0.1) is 4.47 Å². The average Bonchev–Trinajstić information content (AvgIpc) is 3.25. The van der Waals surface area contributed by atoms with Crippen molar-refractivity contribution in [3.05, 3.63) is 47.8 Å². The lowest BCUT2D eigenvalue weighted by atomic mass is 9.99. The van der Waals surface area contributed by atoms with E-state index in [4.69, 9.17) is 4.84 Å². The van der Waals surface area contributed by atoms with Crippen LogP contribution in [0, 0.1) is 0 Å². The molecule has 0 aliphatic carbocycles. The Labute approximate surface area is 168 Å². The van der Waals surface area contributed by atoms with Gasteiger partial charge in [-0.05, 0) is 63.6 Å². The average molecular weight is 418 g/mol. The zero-order chi connectivity index (χ0) is 21.4. The van der Waals surface area contributed by atoms with Crippen molar-refractivity contribution >= 4 is 45.0 Å². The lowest BCUT2D eigenvalue weighted by Crippen LogP contribution is -2.44. The number of hydrogen-bond donors (Lipinski definition) is 3. The fraction of sp³-hybridized carbons (Fsp3) is 0.263. The third-order valence-electron chi connectivity index (χ3n) is 4.11. The van der Waals surface area contributed by atoms with Gasteiger partial charge in [0.05, 0.1) is 16.9 Å². The Hall–Kier alpha value is -3.11. The summed E-state index contributed by atoms with van der Waals surface area (Å²) in [7, 11) is -4.31. The van der Waals surface area contributed by atoms with E-state index in [0.29, 0.717) is 26.9 Å². The van der Waals surface area contributed by atoms with Crippen molar-refractivity contribution in [2.45, 2.75) is 33.3 Å². The summed E-state index contributed by atoms with van der Waals surface area (Å²) in [6, 6.07) is 8.27. The second kappa shape index (κ2) is 7.37. The molecule has 154 valence electrons. The van der Waals surface area contributed by atoms with Crippen LogP contribution in [0.1, 0.15) is 39.0 Å². The highest BCUT2D eigenvalue weighted by molar-refractivity contribution is 7.91. The molecule has 0 saturated carbocycles. The normalized spacial score (nSPS) is 15.5. The lowest BCUT2D eigenvalue weighted by Gasteiger charge is -2.30. The summed E-state index contributed by atoms with van der Waals surface area (Å²) >= 11 is 0. The van der Waals surface area contributed by atoms with Crippen molar-refractivity contribution < 1.29 is 22.8 Å². The van der Waals surface area contributed by atoms with Gasteiger partial charge in [0.15, 0.2) is 0 Å². The number of carbonyl (C=O) groups is 2. The van der Waals surface area contributed by atoms with E-state index in [0.717, 1.165) is 5.69 Å². The first-order chi connectivity index (χ1) is 13.5. The van der Waals surface area contributed by atoms with Crippen LogP contribution in [0.5, 0.6) is 0 Å². The molecule has 10 heteroatoms. The van der Waals surface area contributed by atoms with Gasteiger partial charge in [0, 0.05) is 23.1 Å². The summed E-state index contributed by atoms with van der Waals surface area (Å²) in [5.41, 5.74) is 2.25. The number of rotatable bonds is 6. The quantitative estimate of drug-likeness (QED) is 0.378. The van der Waals surface area contributed by atoms with E-state index in [-0.39, 0.29) is 18.0 Å². The number of aromatic nitrogens is 1. The SMILES string of the molecule is CC(=C1C(=O)Nc2ccc(N(OC(C)(C)C)S(=O)(=O)NC=O)cc21)c1ccc[nH]1. The molecule has 0 radical (unpaired) electrons. The van der Waals surface area contributed by atoms with E-state index in [1.54, 1.807) is 44.7 Å². The Bertz CT molecular complexity index is 1080. The second-order valence-electron chi connectivity index (χ2n) is 7.44. The van der Waals surface area contributed by atoms with Crippen LogP contribution < -0.4 is 14.5 Å². The van der Waals surface area contributed by atoms with Crippen LogP contribution in [-0.2, 0) is 24.6 Å². The van der Waals surface area contributed by atoms with Crippen LogP contribution in [-0.4, -0.2) is 31.3 Å². The second-order valence-corrected chi connectivity index (χ2v) is 8.96. The van der Waals surface area contributed by atoms with Gasteiger partial charge in [0.2, 0.25) is 6.41 Å². The van der Waals surface area contributed by atoms with Gasteiger partial charge >= 0.3 is 10.2 Å². The first-order valence-corrected chi connectivity index (χ1v) is 10.2. The van der Waals surface area contributed by atoms with Crippen LogP contribution in [0.3, 0.4) is 0 Å². The first kappa shape index (κ1) is 20.6. The van der Waals surface area contributed by atoms with Crippen molar-refractivity contribution in [2.75, 3.05) is 9.79 Å². The minimum Gasteiger partial charge on any atom is -0.361 e. The Morgan fingerprint density at radius 2 is 1.97 bits per heavy atom. The maximum atomic E-state index is 12.6. The lowest BCUT2D eigenvalue weighted by molar-refractivity contribution is -0.111. The van der Waals surface area contributed by atoms with E-state index in [9.17, 15) is 18.0 Å². The van der Waals surface area contributed by atoms with Crippen LogP contribution in [0.4, 0.5) is 11.4 Å². The highest BCUT2D eigenvalue weighted by atomic mass is 32.2. The number of anilines is 2. The van der Waals surface area contributed by atoms with Gasteiger partial charge < -0.3 is 10.3 Å². The van der Waals surface area contributed by atoms with E-state index < -0.39 is 15.8 Å². The van der Waals surface area contributed by atoms with E-state index in [1.165, 1.54) is 12.1 Å². The number of aromatic amines is 1.